The van der Waals surface area contributed by atoms with Gasteiger partial charge >= 0.3 is 12.4 Å². The van der Waals surface area contributed by atoms with Crippen molar-refractivity contribution in [3.8, 4) is 0 Å². The number of nitrogens with zero attached hydrogens (tertiary/aromatic N) is 3. The number of nitrogens with one attached hydrogen (secondary N) is 4. The Morgan fingerprint density at radius 1 is 0.854 bits per heavy atom. The summed E-state index contributed by atoms with van der Waals surface area (Å²) < 4.78 is 83.3. The average molecular weight is 596 g/mol. The predicted octanol–water partition coefficient (Wildman–Crippen LogP) is 4.37. The van der Waals surface area contributed by atoms with E-state index in [0.29, 0.717) is 18.4 Å². The third kappa shape index (κ3) is 6.20. The van der Waals surface area contributed by atoms with Crippen LogP contribution in [0.1, 0.15) is 65.2 Å². The fourth-order valence-corrected chi connectivity index (χ4v) is 8.60. The normalized spacial score (nSPS) is 41.4. The molecule has 8 unspecified atom stereocenters. The van der Waals surface area contributed by atoms with Crippen LogP contribution in [0.2, 0.25) is 0 Å². The Kier molecular flexibility index (Phi) is 8.84. The molecule has 236 valence electrons. The molecule has 3 aliphatic heterocycles. The van der Waals surface area contributed by atoms with Crippen LogP contribution in [0.25, 0.3) is 0 Å². The van der Waals surface area contributed by atoms with Gasteiger partial charge in [0.15, 0.2) is 5.96 Å². The Balaban J connectivity index is 1.28. The van der Waals surface area contributed by atoms with Crippen molar-refractivity contribution < 1.29 is 26.3 Å². The van der Waals surface area contributed by atoms with Crippen LogP contribution in [0, 0.1) is 35.0 Å². The molecule has 0 aromatic rings. The molecule has 0 spiro atoms. The number of likely N-dealkylation sites (N-methyl/N-ethyl adjacent to an activating group) is 2. The van der Waals surface area contributed by atoms with Gasteiger partial charge in [0.25, 0.3) is 0 Å². The van der Waals surface area contributed by atoms with Crippen LogP contribution >= 0.6 is 0 Å². The molecule has 13 heteroatoms. The van der Waals surface area contributed by atoms with Crippen LogP contribution in [0.5, 0.6) is 0 Å². The lowest BCUT2D eigenvalue weighted by Crippen LogP contribution is -2.74. The maximum absolute atomic E-state index is 14.5. The zero-order chi connectivity index (χ0) is 29.9. The maximum Gasteiger partial charge on any atom is 0.406 e. The second-order valence-electron chi connectivity index (χ2n) is 13.6. The number of alkyl halides is 6. The van der Waals surface area contributed by atoms with Gasteiger partial charge in [-0.05, 0) is 75.2 Å². The number of halogens is 6. The minimum atomic E-state index is -4.46. The molecule has 2 saturated carbocycles. The first kappa shape index (κ1) is 31.1. The van der Waals surface area contributed by atoms with Crippen molar-refractivity contribution in [2.75, 3.05) is 27.2 Å². The van der Waals surface area contributed by atoms with Crippen LogP contribution < -0.4 is 16.0 Å². The Morgan fingerprint density at radius 2 is 1.51 bits per heavy atom. The van der Waals surface area contributed by atoms with E-state index in [0.717, 1.165) is 51.4 Å². The topological polar surface area (TPSA) is 69.7 Å². The third-order valence-corrected chi connectivity index (χ3v) is 10.8. The quantitative estimate of drug-likeness (QED) is 0.354. The summed E-state index contributed by atoms with van der Waals surface area (Å²) in [6.45, 7) is 4.71. The Morgan fingerprint density at radius 3 is 2.10 bits per heavy atom. The van der Waals surface area contributed by atoms with Gasteiger partial charge in [-0.3, -0.25) is 26.3 Å². The summed E-state index contributed by atoms with van der Waals surface area (Å²) in [5, 5.41) is 18.1. The first-order chi connectivity index (χ1) is 19.2. The highest BCUT2D eigenvalue weighted by atomic mass is 19.4. The fraction of sp³-hybridized carbons (Fsp3) is 0.964. The molecule has 5 rings (SSSR count). The van der Waals surface area contributed by atoms with Gasteiger partial charge in [-0.15, -0.1) is 0 Å². The molecular formula is C28H47F6N7. The average Bonchev–Trinajstić information content (AvgIpc) is 3.41. The number of rotatable bonds is 5. The fourth-order valence-electron chi connectivity index (χ4n) is 8.60. The molecule has 3 heterocycles. The molecular weight excluding hydrogens is 548 g/mol. The maximum atomic E-state index is 14.5. The van der Waals surface area contributed by atoms with E-state index in [2.05, 4.69) is 29.8 Å². The van der Waals surface area contributed by atoms with Crippen LogP contribution in [0.3, 0.4) is 0 Å². The van der Waals surface area contributed by atoms with E-state index >= 15 is 0 Å². The molecule has 0 aromatic heterocycles. The zero-order valence-corrected chi connectivity index (χ0v) is 24.5. The standard InChI is InChI=1S/C28H47F6N7/c1-15(2)18-7-5-6-8-19(18)23-37-22(28(32,33)34)21-25(38-23)41(26(35)40(21)4)13-16-9-11-17(12-10-16)24-36-20(14-39(24)3)27(29,30)31/h15-25,35-38H,5-14H2,1-4H3. The summed E-state index contributed by atoms with van der Waals surface area (Å²) in [5.74, 6) is 1.15. The molecule has 5 fully saturated rings. The van der Waals surface area contributed by atoms with Gasteiger partial charge in [0.05, 0.1) is 18.4 Å². The smallest absolute Gasteiger partial charge is 0.338 e. The molecule has 7 nitrogen and oxygen atoms in total. The Labute approximate surface area is 239 Å². The predicted molar refractivity (Wildman–Crippen MR) is 145 cm³/mol. The first-order valence-corrected chi connectivity index (χ1v) is 15.4. The van der Waals surface area contributed by atoms with Crippen LogP contribution in [0.15, 0.2) is 0 Å². The minimum Gasteiger partial charge on any atom is -0.338 e. The lowest BCUT2D eigenvalue weighted by molar-refractivity contribution is -0.182. The van der Waals surface area contributed by atoms with E-state index in [1.807, 2.05) is 4.90 Å². The second-order valence-corrected chi connectivity index (χ2v) is 13.6. The van der Waals surface area contributed by atoms with Gasteiger partial charge in [-0.2, -0.15) is 26.3 Å². The molecule has 41 heavy (non-hydrogen) atoms. The van der Waals surface area contributed by atoms with Gasteiger partial charge in [-0.25, -0.2) is 0 Å². The molecule has 8 atom stereocenters. The Hall–Kier alpha value is -1.31. The molecule has 0 bridgehead atoms. The summed E-state index contributed by atoms with van der Waals surface area (Å²) in [6, 6.07) is -4.22. The highest BCUT2D eigenvalue weighted by Gasteiger charge is 2.59. The summed E-state index contributed by atoms with van der Waals surface area (Å²) >= 11 is 0. The van der Waals surface area contributed by atoms with Crippen LogP contribution in [-0.4, -0.2) is 96.8 Å². The van der Waals surface area contributed by atoms with Crippen molar-refractivity contribution in [3.05, 3.63) is 0 Å². The van der Waals surface area contributed by atoms with Crippen molar-refractivity contribution in [1.82, 2.24) is 30.7 Å². The van der Waals surface area contributed by atoms with E-state index in [9.17, 15) is 26.3 Å². The monoisotopic (exact) mass is 595 g/mol. The van der Waals surface area contributed by atoms with E-state index in [1.54, 1.807) is 19.0 Å². The number of hydrogen-bond donors (Lipinski definition) is 4. The number of hydrogen-bond acceptors (Lipinski definition) is 5. The molecule has 4 N–H and O–H groups in total. The SMILES string of the molecule is CC(C)C1CCCCC1C1NC2C(C(C(F)(F)F)N1)N(C)C(=N)N2CC1CCC(C2NC(C(F)(F)F)CN2C)CC1. The van der Waals surface area contributed by atoms with Crippen LogP contribution in [-0.2, 0) is 0 Å². The number of fused-ring (bicyclic) bond motifs is 1. The molecule has 0 aromatic carbocycles. The lowest BCUT2D eigenvalue weighted by atomic mass is 9.71. The minimum absolute atomic E-state index is 0.0612. The van der Waals surface area contributed by atoms with Gasteiger partial charge in [0.2, 0.25) is 0 Å². The van der Waals surface area contributed by atoms with Gasteiger partial charge in [-0.1, -0.05) is 26.7 Å². The molecule has 3 saturated heterocycles. The third-order valence-electron chi connectivity index (χ3n) is 10.8. The summed E-state index contributed by atoms with van der Waals surface area (Å²) in [6.07, 6.45) is -3.10. The Bertz CT molecular complexity index is 921. The van der Waals surface area contributed by atoms with E-state index in [-0.39, 0.29) is 36.4 Å². The van der Waals surface area contributed by atoms with Gasteiger partial charge in [0.1, 0.15) is 18.2 Å². The van der Waals surface area contributed by atoms with Crippen molar-refractivity contribution in [1.29, 1.82) is 5.41 Å². The molecule has 2 aliphatic carbocycles. The summed E-state index contributed by atoms with van der Waals surface area (Å²) in [4.78, 5) is 5.04. The van der Waals surface area contributed by atoms with Crippen molar-refractivity contribution in [3.63, 3.8) is 0 Å². The summed E-state index contributed by atoms with van der Waals surface area (Å²) in [5.41, 5.74) is 0. The van der Waals surface area contributed by atoms with Crippen molar-refractivity contribution >= 4 is 5.96 Å². The highest BCUT2D eigenvalue weighted by Crippen LogP contribution is 2.42. The second kappa shape index (κ2) is 11.6. The molecule has 0 radical (unpaired) electrons. The number of guanidine groups is 1. The molecule has 5 aliphatic rings. The summed E-state index contributed by atoms with van der Waals surface area (Å²) in [7, 11) is 3.30. The van der Waals surface area contributed by atoms with Gasteiger partial charge < -0.3 is 9.80 Å². The van der Waals surface area contributed by atoms with Gasteiger partial charge in [0, 0.05) is 20.1 Å². The molecule has 0 amide bonds. The van der Waals surface area contributed by atoms with Crippen molar-refractivity contribution in [2.45, 2.75) is 114 Å². The van der Waals surface area contributed by atoms with Crippen molar-refractivity contribution in [2.24, 2.45) is 29.6 Å². The highest BCUT2D eigenvalue weighted by molar-refractivity contribution is 5.80. The van der Waals surface area contributed by atoms with E-state index < -0.39 is 42.8 Å². The van der Waals surface area contributed by atoms with Crippen LogP contribution in [0.4, 0.5) is 26.3 Å². The first-order valence-electron chi connectivity index (χ1n) is 15.4. The zero-order valence-electron chi connectivity index (χ0n) is 24.5. The van der Waals surface area contributed by atoms with E-state index in [4.69, 9.17) is 5.41 Å². The van der Waals surface area contributed by atoms with E-state index in [1.165, 1.54) is 4.90 Å². The largest absolute Gasteiger partial charge is 0.406 e. The lowest BCUT2D eigenvalue weighted by Gasteiger charge is -2.49.